The maximum absolute atomic E-state index is 12.8. The molecule has 0 fully saturated rings. The van der Waals surface area contributed by atoms with Crippen LogP contribution < -0.4 is 5.69 Å². The van der Waals surface area contributed by atoms with Crippen LogP contribution in [-0.2, 0) is 17.8 Å². The Balaban J connectivity index is 2.38. The SMILES string of the molecule is C=CCON=Cc1ccc(-n2c(O)c(CC(C)C)n(CC=C)c2=O)cc1. The van der Waals surface area contributed by atoms with Crippen molar-refractivity contribution in [2.75, 3.05) is 6.61 Å². The highest BCUT2D eigenvalue weighted by Crippen LogP contribution is 2.23. The van der Waals surface area contributed by atoms with Crippen LogP contribution in [0, 0.1) is 5.92 Å². The minimum atomic E-state index is -0.284. The molecule has 0 unspecified atom stereocenters. The highest BCUT2D eigenvalue weighted by molar-refractivity contribution is 5.79. The molecule has 0 radical (unpaired) electrons. The Kier molecular flexibility index (Phi) is 6.60. The number of aromatic hydroxyl groups is 1. The molecule has 0 atom stereocenters. The van der Waals surface area contributed by atoms with Gasteiger partial charge in [0.05, 0.1) is 17.6 Å². The van der Waals surface area contributed by atoms with E-state index in [1.54, 1.807) is 47.2 Å². The van der Waals surface area contributed by atoms with E-state index in [1.165, 1.54) is 4.57 Å². The van der Waals surface area contributed by atoms with Gasteiger partial charge >= 0.3 is 5.69 Å². The fourth-order valence-electron chi connectivity index (χ4n) is 2.62. The predicted molar refractivity (Wildman–Crippen MR) is 104 cm³/mol. The van der Waals surface area contributed by atoms with E-state index in [0.29, 0.717) is 36.9 Å². The normalized spacial score (nSPS) is 11.2. The Morgan fingerprint density at radius 2 is 1.92 bits per heavy atom. The smallest absolute Gasteiger partial charge is 0.336 e. The molecule has 0 spiro atoms. The van der Waals surface area contributed by atoms with Crippen molar-refractivity contribution in [3.63, 3.8) is 0 Å². The molecule has 6 nitrogen and oxygen atoms in total. The Morgan fingerprint density at radius 3 is 2.50 bits per heavy atom. The quantitative estimate of drug-likeness (QED) is 0.325. The van der Waals surface area contributed by atoms with Gasteiger partial charge in [0.15, 0.2) is 0 Å². The van der Waals surface area contributed by atoms with Gasteiger partial charge in [-0.3, -0.25) is 4.57 Å². The second kappa shape index (κ2) is 8.89. The summed E-state index contributed by atoms with van der Waals surface area (Å²) >= 11 is 0. The topological polar surface area (TPSA) is 68.8 Å². The Hall–Kier alpha value is -3.02. The summed E-state index contributed by atoms with van der Waals surface area (Å²) in [6.45, 7) is 12.0. The minimum absolute atomic E-state index is 0.0266. The van der Waals surface area contributed by atoms with E-state index in [-0.39, 0.29) is 11.6 Å². The summed E-state index contributed by atoms with van der Waals surface area (Å²) in [6.07, 6.45) is 5.44. The van der Waals surface area contributed by atoms with Gasteiger partial charge in [-0.1, -0.05) is 49.9 Å². The zero-order valence-corrected chi connectivity index (χ0v) is 15.3. The first kappa shape index (κ1) is 19.3. The molecule has 1 N–H and O–H groups in total. The van der Waals surface area contributed by atoms with Crippen molar-refractivity contribution in [3.8, 4) is 11.6 Å². The van der Waals surface area contributed by atoms with Crippen LogP contribution in [0.1, 0.15) is 25.1 Å². The number of rotatable bonds is 9. The van der Waals surface area contributed by atoms with Gasteiger partial charge in [0.25, 0.3) is 0 Å². The van der Waals surface area contributed by atoms with Crippen LogP contribution in [0.5, 0.6) is 5.88 Å². The summed E-state index contributed by atoms with van der Waals surface area (Å²) in [5, 5.41) is 14.5. The molecular formula is C20H25N3O3. The molecule has 2 aromatic rings. The Labute approximate surface area is 153 Å². The van der Waals surface area contributed by atoms with Crippen LogP contribution in [0.4, 0.5) is 0 Å². The van der Waals surface area contributed by atoms with Crippen molar-refractivity contribution in [1.29, 1.82) is 0 Å². The monoisotopic (exact) mass is 355 g/mol. The average Bonchev–Trinajstić information content (AvgIpc) is 2.83. The molecule has 0 aliphatic carbocycles. The maximum Gasteiger partial charge on any atom is 0.336 e. The van der Waals surface area contributed by atoms with Gasteiger partial charge in [0.1, 0.15) is 6.61 Å². The molecule has 0 aliphatic rings. The van der Waals surface area contributed by atoms with Gasteiger partial charge in [-0.05, 0) is 30.0 Å². The molecule has 1 aromatic carbocycles. The summed E-state index contributed by atoms with van der Waals surface area (Å²) in [6, 6.07) is 7.12. The molecular weight excluding hydrogens is 330 g/mol. The molecule has 138 valence electrons. The van der Waals surface area contributed by atoms with Crippen LogP contribution in [0.15, 0.2) is 59.5 Å². The second-order valence-electron chi connectivity index (χ2n) is 6.30. The van der Waals surface area contributed by atoms with Crippen LogP contribution in [-0.4, -0.2) is 27.1 Å². The first-order valence-electron chi connectivity index (χ1n) is 8.50. The van der Waals surface area contributed by atoms with Gasteiger partial charge in [-0.15, -0.1) is 6.58 Å². The second-order valence-corrected chi connectivity index (χ2v) is 6.30. The van der Waals surface area contributed by atoms with Crippen molar-refractivity contribution in [1.82, 2.24) is 9.13 Å². The predicted octanol–water partition coefficient (Wildman–Crippen LogP) is 3.27. The average molecular weight is 355 g/mol. The van der Waals surface area contributed by atoms with E-state index in [4.69, 9.17) is 4.84 Å². The standard InChI is InChI=1S/C20H25N3O3/c1-5-11-22-18(13-15(3)4)19(24)23(20(22)25)17-9-7-16(8-10-17)14-21-26-12-6-2/h5-10,14-15,24H,1-2,11-13H2,3-4H3. The summed E-state index contributed by atoms with van der Waals surface area (Å²) in [4.78, 5) is 17.7. The van der Waals surface area contributed by atoms with E-state index >= 15 is 0 Å². The number of aromatic nitrogens is 2. The van der Waals surface area contributed by atoms with E-state index < -0.39 is 0 Å². The lowest BCUT2D eigenvalue weighted by Crippen LogP contribution is -2.24. The number of allylic oxidation sites excluding steroid dienone is 1. The highest BCUT2D eigenvalue weighted by atomic mass is 16.6. The lowest BCUT2D eigenvalue weighted by molar-refractivity contribution is 0.176. The van der Waals surface area contributed by atoms with Crippen molar-refractivity contribution < 1.29 is 9.94 Å². The third kappa shape index (κ3) is 4.33. The number of nitrogens with zero attached hydrogens (tertiary/aromatic N) is 3. The van der Waals surface area contributed by atoms with Gasteiger partial charge in [-0.2, -0.15) is 0 Å². The maximum atomic E-state index is 12.8. The number of hydrogen-bond donors (Lipinski definition) is 1. The van der Waals surface area contributed by atoms with Gasteiger partial charge in [0.2, 0.25) is 5.88 Å². The van der Waals surface area contributed by atoms with Crippen LogP contribution in [0.25, 0.3) is 5.69 Å². The summed E-state index contributed by atoms with van der Waals surface area (Å²) < 4.78 is 2.87. The van der Waals surface area contributed by atoms with Crippen LogP contribution in [0.2, 0.25) is 0 Å². The van der Waals surface area contributed by atoms with E-state index in [1.807, 2.05) is 13.8 Å². The van der Waals surface area contributed by atoms with Gasteiger partial charge in [0, 0.05) is 6.54 Å². The highest BCUT2D eigenvalue weighted by Gasteiger charge is 2.20. The molecule has 1 aromatic heterocycles. The lowest BCUT2D eigenvalue weighted by Gasteiger charge is -2.07. The summed E-state index contributed by atoms with van der Waals surface area (Å²) in [5.74, 6) is 0.280. The van der Waals surface area contributed by atoms with E-state index in [2.05, 4.69) is 18.3 Å². The largest absolute Gasteiger partial charge is 0.493 e. The van der Waals surface area contributed by atoms with Crippen molar-refractivity contribution in [2.24, 2.45) is 11.1 Å². The van der Waals surface area contributed by atoms with Gasteiger partial charge in [-0.25, -0.2) is 9.36 Å². The molecule has 0 bridgehead atoms. The third-order valence-corrected chi connectivity index (χ3v) is 3.75. The third-order valence-electron chi connectivity index (χ3n) is 3.75. The molecule has 1 heterocycles. The minimum Gasteiger partial charge on any atom is -0.493 e. The fourth-order valence-corrected chi connectivity index (χ4v) is 2.62. The Morgan fingerprint density at radius 1 is 1.23 bits per heavy atom. The number of hydrogen-bond acceptors (Lipinski definition) is 4. The zero-order valence-electron chi connectivity index (χ0n) is 15.3. The number of oxime groups is 1. The number of benzene rings is 1. The molecule has 2 rings (SSSR count). The molecule has 26 heavy (non-hydrogen) atoms. The lowest BCUT2D eigenvalue weighted by atomic mass is 10.1. The summed E-state index contributed by atoms with van der Waals surface area (Å²) in [5.41, 5.74) is 1.74. The van der Waals surface area contributed by atoms with Crippen molar-refractivity contribution in [2.45, 2.75) is 26.8 Å². The molecule has 0 saturated heterocycles. The van der Waals surface area contributed by atoms with Crippen LogP contribution in [0.3, 0.4) is 0 Å². The fraction of sp³-hybridized carbons (Fsp3) is 0.300. The Bertz CT molecular complexity index is 842. The first-order chi connectivity index (χ1) is 12.5. The number of imidazole rings is 1. The van der Waals surface area contributed by atoms with Crippen molar-refractivity contribution >= 4 is 6.21 Å². The first-order valence-corrected chi connectivity index (χ1v) is 8.50. The summed E-state index contributed by atoms with van der Waals surface area (Å²) in [7, 11) is 0. The van der Waals surface area contributed by atoms with Gasteiger partial charge < -0.3 is 9.94 Å². The van der Waals surface area contributed by atoms with E-state index in [9.17, 15) is 9.90 Å². The zero-order chi connectivity index (χ0) is 19.1. The molecule has 0 amide bonds. The molecule has 6 heteroatoms. The molecule has 0 saturated carbocycles. The molecule has 0 aliphatic heterocycles. The van der Waals surface area contributed by atoms with Crippen LogP contribution >= 0.6 is 0 Å². The van der Waals surface area contributed by atoms with Crippen molar-refractivity contribution in [3.05, 3.63) is 71.3 Å². The van der Waals surface area contributed by atoms with E-state index in [0.717, 1.165) is 5.56 Å².